The maximum atomic E-state index is 12.6. The van der Waals surface area contributed by atoms with Gasteiger partial charge in [-0.1, -0.05) is 60.7 Å². The molecule has 4 aromatic carbocycles. The zero-order valence-corrected chi connectivity index (χ0v) is 18.4. The number of amides is 1. The van der Waals surface area contributed by atoms with E-state index in [0.29, 0.717) is 22.6 Å². The predicted molar refractivity (Wildman–Crippen MR) is 127 cm³/mol. The summed E-state index contributed by atoms with van der Waals surface area (Å²) in [4.78, 5) is 23.4. The Balaban J connectivity index is 1.40. The van der Waals surface area contributed by atoms with Gasteiger partial charge in [0.05, 0.1) is 19.3 Å². The molecule has 0 aliphatic rings. The van der Waals surface area contributed by atoms with Crippen LogP contribution in [0.15, 0.2) is 90.0 Å². The van der Waals surface area contributed by atoms with E-state index in [9.17, 15) is 14.7 Å². The molecule has 0 atom stereocenters. The van der Waals surface area contributed by atoms with Crippen LogP contribution in [-0.2, 0) is 6.61 Å². The second kappa shape index (κ2) is 10.3. The van der Waals surface area contributed by atoms with Gasteiger partial charge in [0, 0.05) is 5.56 Å². The number of carboxylic acids is 1. The van der Waals surface area contributed by atoms with Crippen LogP contribution < -0.4 is 20.0 Å². The average molecular weight is 453 g/mol. The number of ether oxygens (including phenoxy) is 2. The van der Waals surface area contributed by atoms with Crippen molar-refractivity contribution in [2.75, 3.05) is 7.11 Å². The van der Waals surface area contributed by atoms with Gasteiger partial charge in [0.2, 0.25) is 0 Å². The van der Waals surface area contributed by atoms with Crippen LogP contribution in [0.3, 0.4) is 0 Å². The second-order valence-corrected chi connectivity index (χ2v) is 7.41. The predicted octanol–water partition coefficient (Wildman–Crippen LogP) is 3.55. The van der Waals surface area contributed by atoms with Gasteiger partial charge in [0.15, 0.2) is 11.5 Å². The molecular formula is C27H21N2O5-. The number of nitrogens with zero attached hydrogens (tertiary/aromatic N) is 1. The number of aromatic carboxylic acids is 1. The zero-order valence-electron chi connectivity index (χ0n) is 18.4. The molecule has 1 amide bonds. The summed E-state index contributed by atoms with van der Waals surface area (Å²) in [6.45, 7) is 0.234. The number of carbonyl (C=O) groups is 2. The Morgan fingerprint density at radius 3 is 2.47 bits per heavy atom. The molecular weight excluding hydrogens is 432 g/mol. The molecule has 0 saturated heterocycles. The van der Waals surface area contributed by atoms with Gasteiger partial charge in [-0.15, -0.1) is 0 Å². The number of methoxy groups -OCH3 is 1. The van der Waals surface area contributed by atoms with Crippen LogP contribution in [0, 0.1) is 0 Å². The van der Waals surface area contributed by atoms with Crippen molar-refractivity contribution < 1.29 is 24.2 Å². The fourth-order valence-corrected chi connectivity index (χ4v) is 3.43. The molecule has 0 bridgehead atoms. The number of carbonyl (C=O) groups excluding carboxylic acids is 2. The van der Waals surface area contributed by atoms with Crippen LogP contribution >= 0.6 is 0 Å². The molecule has 0 radical (unpaired) electrons. The minimum absolute atomic E-state index is 0.109. The van der Waals surface area contributed by atoms with E-state index in [-0.39, 0.29) is 18.1 Å². The molecule has 0 unspecified atom stereocenters. The minimum Gasteiger partial charge on any atom is -0.545 e. The monoisotopic (exact) mass is 453 g/mol. The van der Waals surface area contributed by atoms with Crippen molar-refractivity contribution in [3.05, 3.63) is 107 Å². The van der Waals surface area contributed by atoms with Crippen LogP contribution in [0.2, 0.25) is 0 Å². The molecule has 0 aliphatic heterocycles. The summed E-state index contributed by atoms with van der Waals surface area (Å²) in [7, 11) is 1.53. The third-order valence-electron chi connectivity index (χ3n) is 5.19. The van der Waals surface area contributed by atoms with Gasteiger partial charge in [-0.25, -0.2) is 5.43 Å². The molecule has 0 aromatic heterocycles. The lowest BCUT2D eigenvalue weighted by molar-refractivity contribution is -0.255. The normalized spacial score (nSPS) is 10.9. The van der Waals surface area contributed by atoms with Gasteiger partial charge in [-0.05, 0) is 51.7 Å². The lowest BCUT2D eigenvalue weighted by Gasteiger charge is -2.12. The number of benzene rings is 4. The van der Waals surface area contributed by atoms with E-state index in [0.717, 1.165) is 16.3 Å². The maximum Gasteiger partial charge on any atom is 0.271 e. The Morgan fingerprint density at radius 2 is 1.71 bits per heavy atom. The number of hydrogen-bond acceptors (Lipinski definition) is 6. The summed E-state index contributed by atoms with van der Waals surface area (Å²) in [6, 6.07) is 24.7. The number of carboxylic acid groups (broad SMARTS) is 1. The van der Waals surface area contributed by atoms with Crippen molar-refractivity contribution in [2.24, 2.45) is 5.10 Å². The highest BCUT2D eigenvalue weighted by atomic mass is 16.5. The molecule has 7 nitrogen and oxygen atoms in total. The summed E-state index contributed by atoms with van der Waals surface area (Å²) < 4.78 is 11.2. The SMILES string of the molecule is COc1cc(C=NNC(=O)c2cccc3ccccc23)ccc1OCc1ccc(C(=O)[O-])cc1. The van der Waals surface area contributed by atoms with E-state index in [2.05, 4.69) is 10.5 Å². The van der Waals surface area contributed by atoms with E-state index < -0.39 is 5.97 Å². The molecule has 7 heteroatoms. The molecule has 0 fully saturated rings. The Kier molecular flexibility index (Phi) is 6.84. The van der Waals surface area contributed by atoms with Crippen molar-refractivity contribution in [1.82, 2.24) is 5.43 Å². The summed E-state index contributed by atoms with van der Waals surface area (Å²) in [5.41, 5.74) is 4.73. The molecule has 0 spiro atoms. The molecule has 34 heavy (non-hydrogen) atoms. The van der Waals surface area contributed by atoms with Gasteiger partial charge in [0.1, 0.15) is 6.61 Å². The number of hydrogen-bond donors (Lipinski definition) is 1. The zero-order chi connectivity index (χ0) is 23.9. The summed E-state index contributed by atoms with van der Waals surface area (Å²) in [6.07, 6.45) is 1.52. The Morgan fingerprint density at radius 1 is 0.941 bits per heavy atom. The van der Waals surface area contributed by atoms with Gasteiger partial charge in [0.25, 0.3) is 5.91 Å². The Labute approximate surface area is 196 Å². The average Bonchev–Trinajstić information content (AvgIpc) is 2.87. The van der Waals surface area contributed by atoms with Crippen molar-refractivity contribution in [3.8, 4) is 11.5 Å². The summed E-state index contributed by atoms with van der Waals surface area (Å²) >= 11 is 0. The van der Waals surface area contributed by atoms with Gasteiger partial charge in [-0.3, -0.25) is 4.79 Å². The summed E-state index contributed by atoms with van der Waals surface area (Å²) in [5, 5.41) is 16.8. The smallest absolute Gasteiger partial charge is 0.271 e. The van der Waals surface area contributed by atoms with E-state index in [1.807, 2.05) is 36.4 Å². The highest BCUT2D eigenvalue weighted by Crippen LogP contribution is 2.28. The first-order valence-corrected chi connectivity index (χ1v) is 10.5. The van der Waals surface area contributed by atoms with Crippen LogP contribution in [0.25, 0.3) is 10.8 Å². The van der Waals surface area contributed by atoms with Crippen molar-refractivity contribution in [1.29, 1.82) is 0 Å². The lowest BCUT2D eigenvalue weighted by atomic mass is 10.0. The Hall–Kier alpha value is -4.65. The number of nitrogens with one attached hydrogen (secondary N) is 1. The van der Waals surface area contributed by atoms with Crippen molar-refractivity contribution in [2.45, 2.75) is 6.61 Å². The van der Waals surface area contributed by atoms with Crippen molar-refractivity contribution in [3.63, 3.8) is 0 Å². The van der Waals surface area contributed by atoms with Gasteiger partial charge >= 0.3 is 0 Å². The van der Waals surface area contributed by atoms with E-state index in [1.54, 1.807) is 36.4 Å². The van der Waals surface area contributed by atoms with Crippen molar-refractivity contribution >= 4 is 28.9 Å². The van der Waals surface area contributed by atoms with E-state index in [1.165, 1.54) is 25.5 Å². The molecule has 170 valence electrons. The number of fused-ring (bicyclic) bond motifs is 1. The first kappa shape index (κ1) is 22.5. The van der Waals surface area contributed by atoms with E-state index >= 15 is 0 Å². The fourth-order valence-electron chi connectivity index (χ4n) is 3.43. The quantitative estimate of drug-likeness (QED) is 0.325. The molecule has 0 aliphatic carbocycles. The minimum atomic E-state index is -1.22. The highest BCUT2D eigenvalue weighted by Gasteiger charge is 2.09. The topological polar surface area (TPSA) is 100 Å². The van der Waals surface area contributed by atoms with E-state index in [4.69, 9.17) is 9.47 Å². The first-order chi connectivity index (χ1) is 16.5. The Bertz CT molecular complexity index is 1360. The van der Waals surface area contributed by atoms with Crippen LogP contribution in [0.1, 0.15) is 31.8 Å². The van der Waals surface area contributed by atoms with Crippen LogP contribution in [0.5, 0.6) is 11.5 Å². The third kappa shape index (κ3) is 5.21. The van der Waals surface area contributed by atoms with Gasteiger partial charge < -0.3 is 19.4 Å². The summed E-state index contributed by atoms with van der Waals surface area (Å²) in [5.74, 6) is -0.511. The molecule has 0 heterocycles. The number of rotatable bonds is 8. The molecule has 4 aromatic rings. The largest absolute Gasteiger partial charge is 0.545 e. The third-order valence-corrected chi connectivity index (χ3v) is 5.19. The molecule has 4 rings (SSSR count). The maximum absolute atomic E-state index is 12.6. The molecule has 0 saturated carbocycles. The van der Waals surface area contributed by atoms with Crippen LogP contribution in [-0.4, -0.2) is 25.2 Å². The standard InChI is InChI=1S/C27H22N2O5/c1-33-25-15-19(11-14-24(25)34-17-18-9-12-21(13-10-18)27(31)32)16-28-29-26(30)23-8-4-6-20-5-2-3-7-22(20)23/h2-16H,17H2,1H3,(H,29,30)(H,31,32)/p-1. The second-order valence-electron chi connectivity index (χ2n) is 7.41. The molecule has 1 N–H and O–H groups in total. The number of hydrazone groups is 1. The first-order valence-electron chi connectivity index (χ1n) is 10.5. The van der Waals surface area contributed by atoms with Gasteiger partial charge in [-0.2, -0.15) is 5.10 Å². The lowest BCUT2D eigenvalue weighted by Crippen LogP contribution is -2.22. The fraction of sp³-hybridized carbons (Fsp3) is 0.0741. The highest BCUT2D eigenvalue weighted by molar-refractivity contribution is 6.07. The van der Waals surface area contributed by atoms with Crippen LogP contribution in [0.4, 0.5) is 0 Å².